The fourth-order valence-corrected chi connectivity index (χ4v) is 2.18. The molecule has 1 N–H and O–H groups in total. The number of rotatable bonds is 5. The van der Waals surface area contributed by atoms with Crippen molar-refractivity contribution >= 4 is 5.57 Å². The van der Waals surface area contributed by atoms with Gasteiger partial charge in [-0.3, -0.25) is 0 Å². The summed E-state index contributed by atoms with van der Waals surface area (Å²) in [5.41, 5.74) is 7.06. The average molecular weight is 295 g/mol. The van der Waals surface area contributed by atoms with Crippen LogP contribution >= 0.6 is 0 Å². The molecule has 0 atom stereocenters. The predicted molar refractivity (Wildman–Crippen MR) is 99.6 cm³/mol. The van der Waals surface area contributed by atoms with E-state index in [1.807, 2.05) is 13.0 Å². The second-order valence-electron chi connectivity index (χ2n) is 6.84. The minimum atomic E-state index is 0.175. The van der Waals surface area contributed by atoms with Crippen LogP contribution in [0, 0.1) is 0 Å². The number of benzene rings is 1. The molecule has 0 aliphatic rings. The number of hydrogen-bond acceptors (Lipinski definition) is 1. The summed E-state index contributed by atoms with van der Waals surface area (Å²) in [6.07, 6.45) is 4.06. The van der Waals surface area contributed by atoms with Crippen LogP contribution in [0.1, 0.15) is 52.7 Å². The monoisotopic (exact) mass is 295 g/mol. The maximum atomic E-state index is 3.95. The molecule has 0 saturated heterocycles. The maximum absolute atomic E-state index is 3.95. The highest BCUT2D eigenvalue weighted by Gasteiger charge is 2.13. The standard InChI is InChI=1S/C21H29N/c1-9-18(14-16(4)17(5)22-15(2)3)19-10-12-20(13-11-19)21(6,7)8/h9-14,22H,1-2H2,3-8H3/b17-16+,18-14+. The fraction of sp³-hybridized carbons (Fsp3) is 0.333. The van der Waals surface area contributed by atoms with Crippen LogP contribution in [0.15, 0.2) is 66.5 Å². The molecule has 1 aromatic rings. The smallest absolute Gasteiger partial charge is 0.0146 e. The Labute approximate surface area is 136 Å². The third-order valence-corrected chi connectivity index (χ3v) is 3.67. The quantitative estimate of drug-likeness (QED) is 0.660. The zero-order chi connectivity index (χ0) is 16.9. The van der Waals surface area contributed by atoms with Gasteiger partial charge in [-0.05, 0) is 54.5 Å². The SMILES string of the molecule is C=C/C(=C\C(C)=C(/C)NC(=C)C)c1ccc(C(C)(C)C)cc1. The molecule has 1 aromatic carbocycles. The van der Waals surface area contributed by atoms with Crippen LogP contribution < -0.4 is 5.32 Å². The van der Waals surface area contributed by atoms with E-state index in [0.29, 0.717) is 0 Å². The van der Waals surface area contributed by atoms with Crippen LogP contribution in [0.3, 0.4) is 0 Å². The summed E-state index contributed by atoms with van der Waals surface area (Å²) < 4.78 is 0. The molecule has 118 valence electrons. The van der Waals surface area contributed by atoms with Crippen LogP contribution in [0.2, 0.25) is 0 Å². The minimum absolute atomic E-state index is 0.175. The van der Waals surface area contributed by atoms with Gasteiger partial charge in [-0.1, -0.05) is 64.3 Å². The summed E-state index contributed by atoms with van der Waals surface area (Å²) in [6.45, 7) is 20.6. The van der Waals surface area contributed by atoms with Crippen molar-refractivity contribution in [1.29, 1.82) is 0 Å². The topological polar surface area (TPSA) is 12.0 Å². The van der Waals surface area contributed by atoms with Gasteiger partial charge in [-0.2, -0.15) is 0 Å². The fourth-order valence-electron chi connectivity index (χ4n) is 2.18. The Morgan fingerprint density at radius 2 is 1.59 bits per heavy atom. The van der Waals surface area contributed by atoms with Gasteiger partial charge >= 0.3 is 0 Å². The summed E-state index contributed by atoms with van der Waals surface area (Å²) in [7, 11) is 0. The second kappa shape index (κ2) is 7.31. The van der Waals surface area contributed by atoms with E-state index in [1.165, 1.54) is 16.7 Å². The van der Waals surface area contributed by atoms with Crippen LogP contribution in [-0.2, 0) is 5.41 Å². The second-order valence-corrected chi connectivity index (χ2v) is 6.84. The van der Waals surface area contributed by atoms with E-state index in [1.54, 1.807) is 0 Å². The summed E-state index contributed by atoms with van der Waals surface area (Å²) in [6, 6.07) is 8.74. The molecule has 1 nitrogen and oxygen atoms in total. The molecule has 1 heteroatoms. The molecule has 0 aliphatic heterocycles. The first-order chi connectivity index (χ1) is 10.1. The van der Waals surface area contributed by atoms with Gasteiger partial charge in [0.1, 0.15) is 0 Å². The lowest BCUT2D eigenvalue weighted by Crippen LogP contribution is -2.10. The van der Waals surface area contributed by atoms with Crippen molar-refractivity contribution in [3.05, 3.63) is 77.7 Å². The molecular weight excluding hydrogens is 266 g/mol. The Bertz CT molecular complexity index is 604. The van der Waals surface area contributed by atoms with Crippen molar-refractivity contribution in [3.63, 3.8) is 0 Å². The first-order valence-electron chi connectivity index (χ1n) is 7.70. The zero-order valence-corrected chi connectivity index (χ0v) is 14.9. The molecule has 0 bridgehead atoms. The number of hydrogen-bond donors (Lipinski definition) is 1. The molecule has 0 radical (unpaired) electrons. The highest BCUT2D eigenvalue weighted by Crippen LogP contribution is 2.25. The van der Waals surface area contributed by atoms with Gasteiger partial charge < -0.3 is 5.32 Å². The van der Waals surface area contributed by atoms with Crippen molar-refractivity contribution in [2.75, 3.05) is 0 Å². The first-order valence-corrected chi connectivity index (χ1v) is 7.70. The molecule has 0 aromatic heterocycles. The van der Waals surface area contributed by atoms with Crippen LogP contribution in [0.4, 0.5) is 0 Å². The van der Waals surface area contributed by atoms with Gasteiger partial charge in [-0.15, -0.1) is 0 Å². The van der Waals surface area contributed by atoms with Gasteiger partial charge in [0.25, 0.3) is 0 Å². The van der Waals surface area contributed by atoms with E-state index in [0.717, 1.165) is 17.0 Å². The summed E-state index contributed by atoms with van der Waals surface area (Å²) >= 11 is 0. The van der Waals surface area contributed by atoms with E-state index in [4.69, 9.17) is 0 Å². The highest BCUT2D eigenvalue weighted by atomic mass is 14.9. The van der Waals surface area contributed by atoms with Crippen molar-refractivity contribution < 1.29 is 0 Å². The zero-order valence-electron chi connectivity index (χ0n) is 14.9. The Hall–Kier alpha value is -2.02. The van der Waals surface area contributed by atoms with Gasteiger partial charge in [0.2, 0.25) is 0 Å². The van der Waals surface area contributed by atoms with Crippen LogP contribution in [0.25, 0.3) is 5.57 Å². The van der Waals surface area contributed by atoms with Crippen molar-refractivity contribution in [1.82, 2.24) is 5.32 Å². The summed E-state index contributed by atoms with van der Waals surface area (Å²) in [4.78, 5) is 0. The number of allylic oxidation sites excluding steroid dienone is 6. The van der Waals surface area contributed by atoms with Crippen molar-refractivity contribution in [2.24, 2.45) is 0 Å². The lowest BCUT2D eigenvalue weighted by atomic mass is 9.86. The van der Waals surface area contributed by atoms with Crippen LogP contribution in [0.5, 0.6) is 0 Å². The van der Waals surface area contributed by atoms with E-state index < -0.39 is 0 Å². The minimum Gasteiger partial charge on any atom is -0.363 e. The van der Waals surface area contributed by atoms with E-state index in [2.05, 4.69) is 83.4 Å². The van der Waals surface area contributed by atoms with Gasteiger partial charge in [0.05, 0.1) is 0 Å². The normalized spacial score (nSPS) is 13.5. The van der Waals surface area contributed by atoms with Gasteiger partial charge in [-0.25, -0.2) is 0 Å². The molecule has 0 unspecified atom stereocenters. The van der Waals surface area contributed by atoms with Crippen LogP contribution in [-0.4, -0.2) is 0 Å². The molecule has 0 spiro atoms. The molecule has 1 rings (SSSR count). The lowest BCUT2D eigenvalue weighted by molar-refractivity contribution is 0.590. The van der Waals surface area contributed by atoms with Gasteiger partial charge in [0, 0.05) is 11.4 Å². The van der Waals surface area contributed by atoms with Crippen molar-refractivity contribution in [2.45, 2.75) is 47.0 Å². The molecule has 22 heavy (non-hydrogen) atoms. The molecule has 0 fully saturated rings. The summed E-state index contributed by atoms with van der Waals surface area (Å²) in [5.74, 6) is 0. The van der Waals surface area contributed by atoms with E-state index in [-0.39, 0.29) is 5.41 Å². The van der Waals surface area contributed by atoms with Crippen molar-refractivity contribution in [3.8, 4) is 0 Å². The Morgan fingerprint density at radius 1 is 1.05 bits per heavy atom. The van der Waals surface area contributed by atoms with E-state index in [9.17, 15) is 0 Å². The van der Waals surface area contributed by atoms with Gasteiger partial charge in [0.15, 0.2) is 0 Å². The molecular formula is C21H29N. The molecule has 0 aliphatic carbocycles. The highest BCUT2D eigenvalue weighted by molar-refractivity contribution is 5.75. The third kappa shape index (κ3) is 5.07. The lowest BCUT2D eigenvalue weighted by Gasteiger charge is -2.19. The molecule has 0 saturated carbocycles. The maximum Gasteiger partial charge on any atom is 0.0146 e. The average Bonchev–Trinajstić information content (AvgIpc) is 2.43. The summed E-state index contributed by atoms with van der Waals surface area (Å²) in [5, 5.41) is 3.26. The largest absolute Gasteiger partial charge is 0.363 e. The Kier molecular flexibility index (Phi) is 5.99. The Balaban J connectivity index is 3.13. The van der Waals surface area contributed by atoms with E-state index >= 15 is 0 Å². The molecule has 0 heterocycles. The Morgan fingerprint density at radius 3 is 2.00 bits per heavy atom. The first kappa shape index (κ1) is 18.0. The predicted octanol–water partition coefficient (Wildman–Crippen LogP) is 5.97. The third-order valence-electron chi connectivity index (χ3n) is 3.67. The molecule has 0 amide bonds. The number of nitrogens with one attached hydrogen (secondary N) is 1.